The van der Waals surface area contributed by atoms with E-state index in [-0.39, 0.29) is 59.8 Å². The second-order valence-corrected chi connectivity index (χ2v) is 12.6. The van der Waals surface area contributed by atoms with Crippen molar-refractivity contribution in [1.29, 1.82) is 5.26 Å². The Kier molecular flexibility index (Phi) is 12.2. The zero-order valence-corrected chi connectivity index (χ0v) is 25.9. The number of carbonyl (C=O) groups excluding carboxylic acids is 4. The molecule has 40 heavy (non-hydrogen) atoms. The van der Waals surface area contributed by atoms with Gasteiger partial charge in [0.25, 0.3) is 0 Å². The molecular formula is C24H36N5NaO9S. The van der Waals surface area contributed by atoms with Crippen LogP contribution in [0.5, 0.6) is 0 Å². The Balaban J connectivity index is 0.00000560. The summed E-state index contributed by atoms with van der Waals surface area (Å²) in [5.74, 6) is -3.53. The van der Waals surface area contributed by atoms with Crippen LogP contribution in [0, 0.1) is 28.7 Å². The molecule has 3 amide bonds. The van der Waals surface area contributed by atoms with Crippen LogP contribution in [0.4, 0.5) is 4.79 Å². The maximum atomic E-state index is 13.2. The number of ether oxygens (including phenoxy) is 1. The van der Waals surface area contributed by atoms with E-state index in [0.29, 0.717) is 38.9 Å². The minimum absolute atomic E-state index is 0. The summed E-state index contributed by atoms with van der Waals surface area (Å²) in [6.07, 6.45) is 4.08. The summed E-state index contributed by atoms with van der Waals surface area (Å²) in [6, 6.07) is -2.82. The molecule has 0 aromatic rings. The first-order chi connectivity index (χ1) is 18.2. The van der Waals surface area contributed by atoms with Crippen LogP contribution in [-0.2, 0) is 29.2 Å². The van der Waals surface area contributed by atoms with Crippen molar-refractivity contribution >= 4 is 33.8 Å². The minimum atomic E-state index is -5.42. The molecular weight excluding hydrogens is 557 g/mol. The fourth-order valence-electron chi connectivity index (χ4n) is 5.50. The van der Waals surface area contributed by atoms with Gasteiger partial charge in [0.1, 0.15) is 22.3 Å². The van der Waals surface area contributed by atoms with Gasteiger partial charge < -0.3 is 35.2 Å². The van der Waals surface area contributed by atoms with Crippen LogP contribution >= 0.6 is 0 Å². The summed E-state index contributed by atoms with van der Waals surface area (Å²) in [7, 11) is -5.42. The molecule has 4 N–H and O–H groups in total. The molecule has 2 aliphatic heterocycles. The average Bonchev–Trinajstić information content (AvgIpc) is 3.24. The number of aliphatic hydroxyl groups excluding tert-OH is 1. The maximum absolute atomic E-state index is 13.2. The van der Waals surface area contributed by atoms with Gasteiger partial charge in [0.2, 0.25) is 17.3 Å². The molecule has 14 nitrogen and oxygen atoms in total. The van der Waals surface area contributed by atoms with E-state index in [9.17, 15) is 37.3 Å². The monoisotopic (exact) mass is 593 g/mol. The standard InChI is InChI=1S/C24H37N5O9S.Na/c1-14(2)9-18(28-23(34)38-16-11-24(12-16)4-7-29(13-25)8-5-24)21(32)27-17(10-15-3-6-26-20(15)31)19(30)22(33)39(35,36)37;/h14-18,22,33H,3-12H2,1-2H3,(H,26,31)(H,27,32)(H,28,34)(H,35,36,37);/q;+1/p-1/t15-,17+,18+,22?;/m1./s1. The first-order valence-corrected chi connectivity index (χ1v) is 14.6. The third kappa shape index (κ3) is 9.02. The van der Waals surface area contributed by atoms with Gasteiger partial charge in [0.15, 0.2) is 12.0 Å². The summed E-state index contributed by atoms with van der Waals surface area (Å²) in [5, 5.41) is 26.2. The molecule has 1 saturated carbocycles. The number of carbonyl (C=O) groups is 4. The molecule has 218 valence electrons. The van der Waals surface area contributed by atoms with Crippen molar-refractivity contribution in [2.45, 2.75) is 82.4 Å². The summed E-state index contributed by atoms with van der Waals surface area (Å²) >= 11 is 0. The number of hydrogen-bond donors (Lipinski definition) is 4. The minimum Gasteiger partial charge on any atom is -0.746 e. The van der Waals surface area contributed by atoms with Crippen molar-refractivity contribution < 1.29 is 71.5 Å². The van der Waals surface area contributed by atoms with Crippen molar-refractivity contribution in [3.05, 3.63) is 0 Å². The molecule has 1 aliphatic carbocycles. The van der Waals surface area contributed by atoms with Crippen LogP contribution in [0.3, 0.4) is 0 Å². The number of amides is 3. The third-order valence-electron chi connectivity index (χ3n) is 7.74. The average molecular weight is 594 g/mol. The smallest absolute Gasteiger partial charge is 0.746 e. The molecule has 4 atom stereocenters. The number of nitrogens with one attached hydrogen (secondary N) is 3. The number of Topliss-reactive ketones (excluding diaryl/α,β-unsaturated/α-hetero) is 1. The number of nitrogens with zero attached hydrogens (tertiary/aromatic N) is 2. The molecule has 3 aliphatic rings. The fraction of sp³-hybridized carbons (Fsp3) is 0.792. The Morgan fingerprint density at radius 2 is 1.85 bits per heavy atom. The van der Waals surface area contributed by atoms with Crippen molar-refractivity contribution in [1.82, 2.24) is 20.9 Å². The Morgan fingerprint density at radius 1 is 1.23 bits per heavy atom. The third-order valence-corrected chi connectivity index (χ3v) is 8.52. The van der Waals surface area contributed by atoms with Crippen molar-refractivity contribution in [3.8, 4) is 6.19 Å². The fourth-order valence-corrected chi connectivity index (χ4v) is 5.95. The Bertz CT molecular complexity index is 1100. The van der Waals surface area contributed by atoms with Gasteiger partial charge in [-0.1, -0.05) is 13.8 Å². The zero-order chi connectivity index (χ0) is 29.0. The molecule has 2 saturated heterocycles. The summed E-state index contributed by atoms with van der Waals surface area (Å²) in [6.45, 7) is 5.25. The first kappa shape index (κ1) is 34.2. The second kappa shape index (κ2) is 14.3. The van der Waals surface area contributed by atoms with E-state index in [1.807, 2.05) is 0 Å². The van der Waals surface area contributed by atoms with Crippen LogP contribution < -0.4 is 45.5 Å². The Hall–Kier alpha value is -1.96. The molecule has 0 aromatic heterocycles. The topological polar surface area (TPSA) is 218 Å². The van der Waals surface area contributed by atoms with Gasteiger partial charge in [-0.3, -0.25) is 14.4 Å². The van der Waals surface area contributed by atoms with Crippen LogP contribution in [-0.4, -0.2) is 89.9 Å². The van der Waals surface area contributed by atoms with E-state index in [4.69, 9.17) is 10.00 Å². The molecule has 16 heteroatoms. The molecule has 1 unspecified atom stereocenters. The number of ketones is 1. The Labute approximate surface area is 256 Å². The maximum Gasteiger partial charge on any atom is 1.00 e. The molecule has 0 radical (unpaired) electrons. The van der Waals surface area contributed by atoms with E-state index in [0.717, 1.165) is 12.8 Å². The number of nitriles is 1. The predicted octanol–water partition coefficient (Wildman–Crippen LogP) is -3.70. The molecule has 0 aromatic carbocycles. The normalized spacial score (nSPS) is 22.6. The van der Waals surface area contributed by atoms with Gasteiger partial charge in [-0.2, -0.15) is 5.26 Å². The van der Waals surface area contributed by atoms with Gasteiger partial charge in [0.05, 0.1) is 6.04 Å². The number of hydrogen-bond acceptors (Lipinski definition) is 11. The number of likely N-dealkylation sites (tertiary alicyclic amines) is 1. The SMILES string of the molecule is CC(C)C[C@H](NC(=O)OC1CC2(CCN(C#N)CC2)C1)C(=O)N[C@@H](C[C@H]1CCNC1=O)C(=O)C(O)S(=O)(=O)[O-].[Na+]. The second-order valence-electron chi connectivity index (χ2n) is 11.2. The summed E-state index contributed by atoms with van der Waals surface area (Å²) < 4.78 is 39.3. The summed E-state index contributed by atoms with van der Waals surface area (Å²) in [4.78, 5) is 52.2. The van der Waals surface area contributed by atoms with Gasteiger partial charge in [-0.05, 0) is 56.3 Å². The molecule has 2 heterocycles. The van der Waals surface area contributed by atoms with E-state index in [1.165, 1.54) is 0 Å². The molecule has 3 fully saturated rings. The van der Waals surface area contributed by atoms with Crippen molar-refractivity contribution in [2.24, 2.45) is 17.3 Å². The first-order valence-electron chi connectivity index (χ1n) is 13.1. The molecule has 0 bridgehead atoms. The number of aliphatic hydroxyl groups is 1. The molecule has 3 rings (SSSR count). The van der Waals surface area contributed by atoms with Crippen LogP contribution in [0.1, 0.15) is 58.8 Å². The number of rotatable bonds is 11. The van der Waals surface area contributed by atoms with Crippen molar-refractivity contribution in [3.63, 3.8) is 0 Å². The molecule has 1 spiro atoms. The van der Waals surface area contributed by atoms with Gasteiger partial charge in [0, 0.05) is 25.6 Å². The number of alkyl carbamates (subject to hydrolysis) is 1. The van der Waals surface area contributed by atoms with E-state index in [1.54, 1.807) is 18.7 Å². The van der Waals surface area contributed by atoms with Gasteiger partial charge in [-0.25, -0.2) is 13.2 Å². The van der Waals surface area contributed by atoms with Gasteiger partial charge in [-0.15, -0.1) is 0 Å². The largest absolute Gasteiger partial charge is 1.00 e. The number of piperidine rings is 1. The predicted molar refractivity (Wildman–Crippen MR) is 133 cm³/mol. The van der Waals surface area contributed by atoms with Crippen LogP contribution in [0.25, 0.3) is 0 Å². The zero-order valence-electron chi connectivity index (χ0n) is 23.1. The summed E-state index contributed by atoms with van der Waals surface area (Å²) in [5.41, 5.74) is -2.88. The van der Waals surface area contributed by atoms with E-state index >= 15 is 0 Å². The van der Waals surface area contributed by atoms with Crippen LogP contribution in [0.15, 0.2) is 0 Å². The van der Waals surface area contributed by atoms with Crippen molar-refractivity contribution in [2.75, 3.05) is 19.6 Å². The quantitative estimate of drug-likeness (QED) is 0.104. The van der Waals surface area contributed by atoms with Gasteiger partial charge >= 0.3 is 35.7 Å². The Morgan fingerprint density at radius 3 is 2.35 bits per heavy atom. The van der Waals surface area contributed by atoms with E-state index in [2.05, 4.69) is 22.1 Å². The van der Waals surface area contributed by atoms with E-state index < -0.39 is 57.2 Å². The van der Waals surface area contributed by atoms with Crippen LogP contribution in [0.2, 0.25) is 0 Å².